The van der Waals surface area contributed by atoms with Crippen molar-refractivity contribution in [3.63, 3.8) is 0 Å². The third-order valence-corrected chi connectivity index (χ3v) is 2.49. The molecule has 1 aromatic rings. The van der Waals surface area contributed by atoms with Gasteiger partial charge in [-0.05, 0) is 19.4 Å². The van der Waals surface area contributed by atoms with Crippen molar-refractivity contribution < 1.29 is 0 Å². The minimum absolute atomic E-state index is 0.431. The molecule has 14 heavy (non-hydrogen) atoms. The van der Waals surface area contributed by atoms with E-state index in [1.54, 1.807) is 11.3 Å². The first-order chi connectivity index (χ1) is 6.74. The van der Waals surface area contributed by atoms with Crippen LogP contribution in [0.25, 0.3) is 10.4 Å². The number of hydrogen-bond donors (Lipinski definition) is 0. The van der Waals surface area contributed by atoms with Crippen molar-refractivity contribution in [1.82, 2.24) is 4.98 Å². The van der Waals surface area contributed by atoms with Crippen molar-refractivity contribution in [3.05, 3.63) is 26.0 Å². The molecule has 0 aliphatic heterocycles. The molecule has 0 bridgehead atoms. The van der Waals surface area contributed by atoms with Gasteiger partial charge in [-0.15, -0.1) is 11.3 Å². The fraction of sp³-hybridized carbons (Fsp3) is 0.444. The van der Waals surface area contributed by atoms with Gasteiger partial charge in [-0.2, -0.15) is 0 Å². The Morgan fingerprint density at radius 1 is 1.57 bits per heavy atom. The van der Waals surface area contributed by atoms with E-state index in [4.69, 9.17) is 5.53 Å². The lowest BCUT2D eigenvalue weighted by Crippen LogP contribution is -1.76. The van der Waals surface area contributed by atoms with Crippen LogP contribution < -0.4 is 0 Å². The highest BCUT2D eigenvalue weighted by molar-refractivity contribution is 7.12. The predicted octanol–water partition coefficient (Wildman–Crippen LogP) is 2.81. The second-order valence-corrected chi connectivity index (χ2v) is 3.86. The summed E-state index contributed by atoms with van der Waals surface area (Å²) in [6.45, 7) is 4.34. The van der Waals surface area contributed by atoms with Gasteiger partial charge in [-0.1, -0.05) is 17.0 Å². The Labute approximate surface area is 86.6 Å². The number of thiazole rings is 1. The van der Waals surface area contributed by atoms with Crippen LogP contribution in [0.1, 0.15) is 22.0 Å². The second-order valence-electron chi connectivity index (χ2n) is 2.65. The zero-order valence-corrected chi connectivity index (χ0v) is 8.93. The molecule has 0 radical (unpaired) electrons. The van der Waals surface area contributed by atoms with E-state index in [-0.39, 0.29) is 0 Å². The largest absolute Gasteiger partial charge is 0.246 e. The first-order valence-electron chi connectivity index (χ1n) is 4.18. The van der Waals surface area contributed by atoms with Crippen molar-refractivity contribution in [2.24, 2.45) is 5.11 Å². The number of aryl methyl sites for hydroxylation is 2. The van der Waals surface area contributed by atoms with Gasteiger partial charge in [-0.25, -0.2) is 4.98 Å². The molecule has 1 aromatic heterocycles. The van der Waals surface area contributed by atoms with Gasteiger partial charge in [0, 0.05) is 17.9 Å². The summed E-state index contributed by atoms with van der Waals surface area (Å²) in [7, 11) is 0. The Morgan fingerprint density at radius 2 is 2.36 bits per heavy atom. The van der Waals surface area contributed by atoms with Gasteiger partial charge in [0.2, 0.25) is 0 Å². The van der Waals surface area contributed by atoms with E-state index in [0.29, 0.717) is 13.0 Å². The molecule has 0 saturated carbocycles. The van der Waals surface area contributed by atoms with E-state index in [0.717, 1.165) is 15.6 Å². The summed E-state index contributed by atoms with van der Waals surface area (Å²) in [6.07, 6.45) is 0.598. The van der Waals surface area contributed by atoms with Gasteiger partial charge in [-0.3, -0.25) is 0 Å². The Bertz CT molecular complexity index is 418. The number of rotatable bonds is 2. The van der Waals surface area contributed by atoms with Crippen LogP contribution >= 0.6 is 11.3 Å². The minimum atomic E-state index is 0.431. The summed E-state index contributed by atoms with van der Waals surface area (Å²) >= 11 is 1.59. The zero-order chi connectivity index (χ0) is 10.4. The maximum Gasteiger partial charge on any atom is 0.0998 e. The van der Waals surface area contributed by atoms with E-state index in [1.807, 2.05) is 13.8 Å². The Morgan fingerprint density at radius 3 is 2.93 bits per heavy atom. The van der Waals surface area contributed by atoms with Gasteiger partial charge < -0.3 is 0 Å². The van der Waals surface area contributed by atoms with Crippen LogP contribution in [0.4, 0.5) is 0 Å². The molecule has 0 spiro atoms. The molecule has 0 aromatic carbocycles. The monoisotopic (exact) mass is 206 g/mol. The molecular weight excluding hydrogens is 196 g/mol. The zero-order valence-electron chi connectivity index (χ0n) is 8.11. The molecule has 0 saturated heterocycles. The lowest BCUT2D eigenvalue weighted by Gasteiger charge is -1.82. The number of hydrogen-bond acceptors (Lipinski definition) is 3. The normalized spacial score (nSPS) is 8.71. The maximum atomic E-state index is 8.03. The molecule has 0 atom stereocenters. The average Bonchev–Trinajstić information content (AvgIpc) is 2.45. The highest BCUT2D eigenvalue weighted by atomic mass is 32.1. The van der Waals surface area contributed by atoms with E-state index >= 15 is 0 Å². The van der Waals surface area contributed by atoms with Crippen LogP contribution in [0.2, 0.25) is 0 Å². The molecule has 4 nitrogen and oxygen atoms in total. The van der Waals surface area contributed by atoms with E-state index in [9.17, 15) is 0 Å². The summed E-state index contributed by atoms with van der Waals surface area (Å²) in [5, 5.41) is 4.43. The molecule has 0 aliphatic rings. The fourth-order valence-corrected chi connectivity index (χ4v) is 1.74. The molecule has 1 rings (SSSR count). The fourth-order valence-electron chi connectivity index (χ4n) is 0.941. The summed E-state index contributed by atoms with van der Waals surface area (Å²) in [4.78, 5) is 7.91. The highest BCUT2D eigenvalue weighted by Crippen LogP contribution is 2.15. The smallest absolute Gasteiger partial charge is 0.0998 e. The average molecular weight is 206 g/mol. The molecule has 1 heterocycles. The van der Waals surface area contributed by atoms with E-state index < -0.39 is 0 Å². The van der Waals surface area contributed by atoms with Crippen LogP contribution in [0.15, 0.2) is 5.11 Å². The minimum Gasteiger partial charge on any atom is -0.246 e. The van der Waals surface area contributed by atoms with Gasteiger partial charge in [0.1, 0.15) is 0 Å². The standard InChI is InChI=1S/C9H10N4S/c1-7-9(14-8(2)12-7)5-3-4-6-11-13-10/h4,6H2,1-2H3. The number of aromatic nitrogens is 1. The lowest BCUT2D eigenvalue weighted by atomic mass is 10.3. The van der Waals surface area contributed by atoms with Crippen LogP contribution in [0.3, 0.4) is 0 Å². The Balaban J connectivity index is 2.58. The van der Waals surface area contributed by atoms with Crippen molar-refractivity contribution >= 4 is 11.3 Å². The van der Waals surface area contributed by atoms with Crippen LogP contribution in [-0.2, 0) is 0 Å². The lowest BCUT2D eigenvalue weighted by molar-refractivity contribution is 1.01. The molecule has 5 heteroatoms. The molecule has 0 unspecified atom stereocenters. The Hall–Kier alpha value is -1.50. The topological polar surface area (TPSA) is 61.7 Å². The van der Waals surface area contributed by atoms with Crippen molar-refractivity contribution in [2.75, 3.05) is 6.54 Å². The summed E-state index contributed by atoms with van der Waals surface area (Å²) in [5.41, 5.74) is 9.01. The SMILES string of the molecule is Cc1nc(C)c(C#CCCN=[N+]=[N-])s1. The Kier molecular flexibility index (Phi) is 3.99. The summed E-state index contributed by atoms with van der Waals surface area (Å²) < 4.78 is 0. The van der Waals surface area contributed by atoms with Crippen LogP contribution in [-0.4, -0.2) is 11.5 Å². The first-order valence-corrected chi connectivity index (χ1v) is 4.99. The van der Waals surface area contributed by atoms with Gasteiger partial charge in [0.25, 0.3) is 0 Å². The van der Waals surface area contributed by atoms with Crippen LogP contribution in [0, 0.1) is 25.7 Å². The molecule has 72 valence electrons. The van der Waals surface area contributed by atoms with Crippen molar-refractivity contribution in [2.45, 2.75) is 20.3 Å². The summed E-state index contributed by atoms with van der Waals surface area (Å²) in [6, 6.07) is 0. The number of azide groups is 1. The molecule has 0 fully saturated rings. The highest BCUT2D eigenvalue weighted by Gasteiger charge is 1.99. The second kappa shape index (κ2) is 5.28. The first kappa shape index (κ1) is 10.6. The van der Waals surface area contributed by atoms with Gasteiger partial charge in [0.05, 0.1) is 15.6 Å². The van der Waals surface area contributed by atoms with Crippen LogP contribution in [0.5, 0.6) is 0 Å². The van der Waals surface area contributed by atoms with Crippen molar-refractivity contribution in [3.8, 4) is 11.8 Å². The third kappa shape index (κ3) is 3.09. The van der Waals surface area contributed by atoms with E-state index in [1.165, 1.54) is 0 Å². The van der Waals surface area contributed by atoms with E-state index in [2.05, 4.69) is 26.9 Å². The molecule has 0 N–H and O–H groups in total. The molecule has 0 amide bonds. The maximum absolute atomic E-state index is 8.03. The van der Waals surface area contributed by atoms with Gasteiger partial charge >= 0.3 is 0 Å². The summed E-state index contributed by atoms with van der Waals surface area (Å²) in [5.74, 6) is 5.96. The molecule has 0 aliphatic carbocycles. The quantitative estimate of drug-likeness (QED) is 0.241. The predicted molar refractivity (Wildman–Crippen MR) is 57.1 cm³/mol. The van der Waals surface area contributed by atoms with Crippen molar-refractivity contribution in [1.29, 1.82) is 0 Å². The van der Waals surface area contributed by atoms with Gasteiger partial charge in [0.15, 0.2) is 0 Å². The molecular formula is C9H10N4S. The third-order valence-electron chi connectivity index (χ3n) is 1.51. The number of nitrogens with zero attached hydrogens (tertiary/aromatic N) is 4.